The maximum absolute atomic E-state index is 4.19. The van der Waals surface area contributed by atoms with Gasteiger partial charge in [0.25, 0.3) is 0 Å². The molecule has 63 valence electrons. The number of aromatic nitrogens is 3. The third-order valence-corrected chi connectivity index (χ3v) is 2.17. The van der Waals surface area contributed by atoms with E-state index in [1.807, 2.05) is 18.2 Å². The molecule has 0 aliphatic rings. The lowest BCUT2D eigenvalue weighted by molar-refractivity contribution is 1.11. The third-order valence-electron chi connectivity index (χ3n) is 1.56. The first-order chi connectivity index (χ1) is 6.38. The van der Waals surface area contributed by atoms with Crippen LogP contribution in [-0.2, 0) is 0 Å². The fourth-order valence-corrected chi connectivity index (χ4v) is 1.36. The average Bonchev–Trinajstić information content (AvgIpc) is 2.20. The molecule has 0 aliphatic carbocycles. The van der Waals surface area contributed by atoms with Gasteiger partial charge in [-0.05, 0) is 28.1 Å². The standard InChI is InChI=1S/C9H5BrN3/c10-9-7(5-11-6-13-9)8-3-1-2-4-12-8/h1-5H. The zero-order chi connectivity index (χ0) is 9.10. The molecule has 2 aromatic heterocycles. The summed E-state index contributed by atoms with van der Waals surface area (Å²) in [6.45, 7) is 0. The zero-order valence-corrected chi connectivity index (χ0v) is 8.19. The SMILES string of the molecule is Brc1n[c]ncc1-c1ccccn1. The Morgan fingerprint density at radius 1 is 1.31 bits per heavy atom. The van der Waals surface area contributed by atoms with Gasteiger partial charge in [-0.25, -0.2) is 9.97 Å². The van der Waals surface area contributed by atoms with E-state index in [4.69, 9.17) is 0 Å². The Hall–Kier alpha value is -1.29. The molecule has 1 radical (unpaired) electrons. The van der Waals surface area contributed by atoms with E-state index in [9.17, 15) is 0 Å². The fraction of sp³-hybridized carbons (Fsp3) is 0. The number of hydrogen-bond acceptors (Lipinski definition) is 3. The van der Waals surface area contributed by atoms with Crippen molar-refractivity contribution < 1.29 is 0 Å². The summed E-state index contributed by atoms with van der Waals surface area (Å²) in [6, 6.07) is 5.70. The number of nitrogens with zero attached hydrogens (tertiary/aromatic N) is 3. The van der Waals surface area contributed by atoms with Crippen LogP contribution >= 0.6 is 15.9 Å². The molecule has 2 rings (SSSR count). The van der Waals surface area contributed by atoms with Gasteiger partial charge < -0.3 is 0 Å². The highest BCUT2D eigenvalue weighted by atomic mass is 79.9. The van der Waals surface area contributed by atoms with E-state index in [2.05, 4.69) is 37.2 Å². The van der Waals surface area contributed by atoms with Gasteiger partial charge in [-0.15, -0.1) is 0 Å². The third kappa shape index (κ3) is 1.72. The van der Waals surface area contributed by atoms with Crippen LogP contribution in [0.25, 0.3) is 11.3 Å². The van der Waals surface area contributed by atoms with Crippen LogP contribution in [0.3, 0.4) is 0 Å². The van der Waals surface area contributed by atoms with Crippen molar-refractivity contribution in [3.8, 4) is 11.3 Å². The predicted molar refractivity (Wildman–Crippen MR) is 51.8 cm³/mol. The largest absolute Gasteiger partial charge is 0.256 e. The van der Waals surface area contributed by atoms with Crippen LogP contribution in [0.5, 0.6) is 0 Å². The van der Waals surface area contributed by atoms with Crippen LogP contribution in [-0.4, -0.2) is 15.0 Å². The molecule has 0 amide bonds. The molecule has 0 spiro atoms. The minimum atomic E-state index is 0.709. The molecule has 2 aromatic rings. The van der Waals surface area contributed by atoms with Gasteiger partial charge in [0.15, 0.2) is 6.33 Å². The highest BCUT2D eigenvalue weighted by molar-refractivity contribution is 9.10. The average molecular weight is 235 g/mol. The van der Waals surface area contributed by atoms with Gasteiger partial charge in [-0.2, -0.15) is 0 Å². The number of hydrogen-bond donors (Lipinski definition) is 0. The number of halogens is 1. The van der Waals surface area contributed by atoms with Crippen LogP contribution in [0.15, 0.2) is 35.2 Å². The highest BCUT2D eigenvalue weighted by Gasteiger charge is 2.03. The summed E-state index contributed by atoms with van der Waals surface area (Å²) < 4.78 is 0.709. The number of rotatable bonds is 1. The molecule has 0 saturated heterocycles. The van der Waals surface area contributed by atoms with E-state index in [0.717, 1.165) is 11.3 Å². The molecule has 0 bridgehead atoms. The molecule has 2 heterocycles. The lowest BCUT2D eigenvalue weighted by atomic mass is 10.2. The fourth-order valence-electron chi connectivity index (χ4n) is 0.974. The van der Waals surface area contributed by atoms with E-state index < -0.39 is 0 Å². The van der Waals surface area contributed by atoms with Crippen molar-refractivity contribution in [3.05, 3.63) is 41.5 Å². The molecule has 0 atom stereocenters. The van der Waals surface area contributed by atoms with Gasteiger partial charge in [-0.3, -0.25) is 4.98 Å². The summed E-state index contributed by atoms with van der Waals surface area (Å²) in [5.41, 5.74) is 1.72. The molecule has 4 heteroatoms. The van der Waals surface area contributed by atoms with Crippen molar-refractivity contribution in [2.75, 3.05) is 0 Å². The van der Waals surface area contributed by atoms with E-state index in [0.29, 0.717) is 4.60 Å². The Balaban J connectivity index is 2.54. The molecular formula is C9H5BrN3. The molecular weight excluding hydrogens is 230 g/mol. The topological polar surface area (TPSA) is 38.7 Å². The van der Waals surface area contributed by atoms with Crippen molar-refractivity contribution in [2.24, 2.45) is 0 Å². The van der Waals surface area contributed by atoms with Gasteiger partial charge in [-0.1, -0.05) is 6.07 Å². The monoisotopic (exact) mass is 234 g/mol. The number of pyridine rings is 1. The molecule has 0 unspecified atom stereocenters. The van der Waals surface area contributed by atoms with Crippen molar-refractivity contribution in [1.29, 1.82) is 0 Å². The second-order valence-corrected chi connectivity index (χ2v) is 3.14. The molecule has 0 saturated carbocycles. The van der Waals surface area contributed by atoms with Gasteiger partial charge in [0.1, 0.15) is 4.60 Å². The quantitative estimate of drug-likeness (QED) is 0.710. The van der Waals surface area contributed by atoms with E-state index in [1.165, 1.54) is 0 Å². The van der Waals surface area contributed by atoms with E-state index in [-0.39, 0.29) is 0 Å². The lowest BCUT2D eigenvalue weighted by Gasteiger charge is -1.99. The summed E-state index contributed by atoms with van der Waals surface area (Å²) in [6.07, 6.45) is 5.91. The Kier molecular flexibility index (Phi) is 2.31. The first-order valence-electron chi connectivity index (χ1n) is 3.68. The van der Waals surface area contributed by atoms with Gasteiger partial charge in [0.05, 0.1) is 11.3 Å². The normalized spacial score (nSPS) is 9.92. The maximum atomic E-state index is 4.19. The molecule has 3 nitrogen and oxygen atoms in total. The highest BCUT2D eigenvalue weighted by Crippen LogP contribution is 2.22. The Labute approximate surface area is 84.0 Å². The van der Waals surface area contributed by atoms with Gasteiger partial charge >= 0.3 is 0 Å². The summed E-state index contributed by atoms with van der Waals surface area (Å²) in [7, 11) is 0. The van der Waals surface area contributed by atoms with Crippen molar-refractivity contribution in [1.82, 2.24) is 15.0 Å². The summed E-state index contributed by atoms with van der Waals surface area (Å²) in [5.74, 6) is 0. The molecule has 0 fully saturated rings. The molecule has 0 N–H and O–H groups in total. The Bertz CT molecular complexity index is 403. The Morgan fingerprint density at radius 3 is 2.92 bits per heavy atom. The van der Waals surface area contributed by atoms with Crippen molar-refractivity contribution in [2.45, 2.75) is 0 Å². The Morgan fingerprint density at radius 2 is 2.23 bits per heavy atom. The molecule has 0 aromatic carbocycles. The smallest absolute Gasteiger partial charge is 0.198 e. The summed E-state index contributed by atoms with van der Waals surface area (Å²) >= 11 is 3.31. The predicted octanol–water partition coefficient (Wildman–Crippen LogP) is 2.10. The summed E-state index contributed by atoms with van der Waals surface area (Å²) in [4.78, 5) is 11.9. The van der Waals surface area contributed by atoms with Crippen LogP contribution in [0.4, 0.5) is 0 Å². The maximum Gasteiger partial charge on any atom is 0.198 e. The first kappa shape index (κ1) is 8.31. The van der Waals surface area contributed by atoms with Crippen LogP contribution in [0.1, 0.15) is 0 Å². The minimum Gasteiger partial charge on any atom is -0.256 e. The second-order valence-electron chi connectivity index (χ2n) is 2.39. The van der Waals surface area contributed by atoms with Crippen molar-refractivity contribution >= 4 is 15.9 Å². The van der Waals surface area contributed by atoms with Gasteiger partial charge in [0.2, 0.25) is 0 Å². The van der Waals surface area contributed by atoms with E-state index >= 15 is 0 Å². The van der Waals surface area contributed by atoms with Gasteiger partial charge in [0, 0.05) is 12.4 Å². The van der Waals surface area contributed by atoms with Crippen molar-refractivity contribution in [3.63, 3.8) is 0 Å². The minimum absolute atomic E-state index is 0.709. The summed E-state index contributed by atoms with van der Waals surface area (Å²) in [5, 5.41) is 0. The van der Waals surface area contributed by atoms with Crippen LogP contribution < -0.4 is 0 Å². The lowest BCUT2D eigenvalue weighted by Crippen LogP contribution is -1.87. The zero-order valence-electron chi connectivity index (χ0n) is 6.61. The first-order valence-corrected chi connectivity index (χ1v) is 4.47. The van der Waals surface area contributed by atoms with E-state index in [1.54, 1.807) is 12.4 Å². The van der Waals surface area contributed by atoms with Crippen LogP contribution in [0.2, 0.25) is 0 Å². The second kappa shape index (κ2) is 3.62. The molecule has 0 aliphatic heterocycles. The molecule has 13 heavy (non-hydrogen) atoms. The van der Waals surface area contributed by atoms with Crippen LogP contribution in [0, 0.1) is 6.33 Å².